The fourth-order valence-electron chi connectivity index (χ4n) is 1.95. The molecule has 0 spiro atoms. The van der Waals surface area contributed by atoms with E-state index in [1.54, 1.807) is 6.07 Å². The van der Waals surface area contributed by atoms with E-state index in [1.807, 2.05) is 13.0 Å². The minimum absolute atomic E-state index is 0.183. The van der Waals surface area contributed by atoms with E-state index in [9.17, 15) is 4.39 Å². The third-order valence-electron chi connectivity index (χ3n) is 2.97. The van der Waals surface area contributed by atoms with E-state index in [2.05, 4.69) is 10.2 Å². The zero-order valence-electron chi connectivity index (χ0n) is 10.2. The first-order valence-corrected chi connectivity index (χ1v) is 6.06. The summed E-state index contributed by atoms with van der Waals surface area (Å²) in [5.41, 5.74) is 1.67. The summed E-state index contributed by atoms with van der Waals surface area (Å²) in [5, 5.41) is 3.14. The lowest BCUT2D eigenvalue weighted by Crippen LogP contribution is -2.39. The molecule has 1 N–H and O–H groups in total. The van der Waals surface area contributed by atoms with Gasteiger partial charge >= 0.3 is 0 Å². The summed E-state index contributed by atoms with van der Waals surface area (Å²) in [4.78, 5) is 2.32. The molecular formula is C13H19FN2O. The summed E-state index contributed by atoms with van der Waals surface area (Å²) in [6.45, 7) is 7.21. The van der Waals surface area contributed by atoms with Crippen molar-refractivity contribution >= 4 is 5.69 Å². The van der Waals surface area contributed by atoms with Gasteiger partial charge in [-0.05, 0) is 24.6 Å². The number of ether oxygens (including phenoxy) is 1. The van der Waals surface area contributed by atoms with Crippen molar-refractivity contribution in [3.63, 3.8) is 0 Å². The molecule has 0 radical (unpaired) electrons. The summed E-state index contributed by atoms with van der Waals surface area (Å²) in [6.07, 6.45) is 0. The van der Waals surface area contributed by atoms with Crippen molar-refractivity contribution in [1.82, 2.24) is 4.90 Å². The molecule has 1 saturated heterocycles. The number of halogens is 1. The molecule has 0 saturated carbocycles. The average Bonchev–Trinajstić information content (AvgIpc) is 2.35. The fourth-order valence-corrected chi connectivity index (χ4v) is 1.95. The summed E-state index contributed by atoms with van der Waals surface area (Å²) < 4.78 is 18.7. The van der Waals surface area contributed by atoms with Crippen molar-refractivity contribution in [2.45, 2.75) is 6.92 Å². The number of hydrogen-bond acceptors (Lipinski definition) is 3. The molecule has 94 valence electrons. The number of hydrogen-bond donors (Lipinski definition) is 1. The quantitative estimate of drug-likeness (QED) is 0.866. The summed E-state index contributed by atoms with van der Waals surface area (Å²) in [6, 6.07) is 5.13. The van der Waals surface area contributed by atoms with Crippen LogP contribution in [0.5, 0.6) is 0 Å². The van der Waals surface area contributed by atoms with E-state index in [4.69, 9.17) is 4.74 Å². The van der Waals surface area contributed by atoms with Gasteiger partial charge in [0.05, 0.1) is 18.9 Å². The first-order chi connectivity index (χ1) is 8.25. The van der Waals surface area contributed by atoms with Crippen LogP contribution in [-0.2, 0) is 4.74 Å². The highest BCUT2D eigenvalue weighted by molar-refractivity contribution is 5.46. The normalized spacial score (nSPS) is 17.1. The molecule has 1 heterocycles. The van der Waals surface area contributed by atoms with Crippen molar-refractivity contribution in [1.29, 1.82) is 0 Å². The Morgan fingerprint density at radius 3 is 2.88 bits per heavy atom. The average molecular weight is 238 g/mol. The van der Waals surface area contributed by atoms with Gasteiger partial charge < -0.3 is 10.1 Å². The van der Waals surface area contributed by atoms with Crippen LogP contribution in [0.15, 0.2) is 18.2 Å². The monoisotopic (exact) mass is 238 g/mol. The Bertz CT molecular complexity index is 364. The third-order valence-corrected chi connectivity index (χ3v) is 2.97. The Morgan fingerprint density at radius 1 is 1.35 bits per heavy atom. The van der Waals surface area contributed by atoms with Crippen LogP contribution in [0.4, 0.5) is 10.1 Å². The second-order valence-corrected chi connectivity index (χ2v) is 4.36. The van der Waals surface area contributed by atoms with Crippen LogP contribution in [0.1, 0.15) is 5.56 Å². The molecule has 1 aromatic rings. The number of nitrogens with one attached hydrogen (secondary N) is 1. The van der Waals surface area contributed by atoms with Gasteiger partial charge in [-0.15, -0.1) is 0 Å². The summed E-state index contributed by atoms with van der Waals surface area (Å²) >= 11 is 0. The summed E-state index contributed by atoms with van der Waals surface area (Å²) in [7, 11) is 0. The van der Waals surface area contributed by atoms with Crippen LogP contribution in [0.2, 0.25) is 0 Å². The Kier molecular flexibility index (Phi) is 4.34. The molecule has 1 aliphatic heterocycles. The highest BCUT2D eigenvalue weighted by atomic mass is 19.1. The maximum atomic E-state index is 13.4. The fraction of sp³-hybridized carbons (Fsp3) is 0.538. The van der Waals surface area contributed by atoms with Crippen LogP contribution in [-0.4, -0.2) is 44.3 Å². The van der Waals surface area contributed by atoms with Crippen molar-refractivity contribution in [3.05, 3.63) is 29.6 Å². The second-order valence-electron chi connectivity index (χ2n) is 4.36. The number of morpholine rings is 1. The molecule has 0 aromatic heterocycles. The molecule has 4 heteroatoms. The van der Waals surface area contributed by atoms with Gasteiger partial charge in [-0.2, -0.15) is 0 Å². The maximum Gasteiger partial charge on any atom is 0.146 e. The largest absolute Gasteiger partial charge is 0.381 e. The lowest BCUT2D eigenvalue weighted by atomic mass is 10.2. The smallest absolute Gasteiger partial charge is 0.146 e. The molecule has 0 aliphatic carbocycles. The molecule has 0 amide bonds. The van der Waals surface area contributed by atoms with Gasteiger partial charge in [0.25, 0.3) is 0 Å². The van der Waals surface area contributed by atoms with Gasteiger partial charge in [-0.3, -0.25) is 4.90 Å². The molecule has 0 bridgehead atoms. The number of aryl methyl sites for hydroxylation is 1. The van der Waals surface area contributed by atoms with Crippen molar-refractivity contribution in [3.8, 4) is 0 Å². The highest BCUT2D eigenvalue weighted by Gasteiger charge is 2.09. The number of nitrogens with zero attached hydrogens (tertiary/aromatic N) is 1. The first kappa shape index (κ1) is 12.3. The van der Waals surface area contributed by atoms with Gasteiger partial charge in [-0.25, -0.2) is 4.39 Å². The molecule has 0 atom stereocenters. The molecular weight excluding hydrogens is 219 g/mol. The molecule has 1 fully saturated rings. The SMILES string of the molecule is Cc1ccc(F)c(NCCN2CCOCC2)c1. The van der Waals surface area contributed by atoms with Crippen LogP contribution >= 0.6 is 0 Å². The van der Waals surface area contributed by atoms with Crippen LogP contribution in [0, 0.1) is 12.7 Å². The predicted octanol–water partition coefficient (Wildman–Crippen LogP) is 1.88. The van der Waals surface area contributed by atoms with Crippen molar-refractivity contribution in [2.75, 3.05) is 44.7 Å². The van der Waals surface area contributed by atoms with E-state index in [0.717, 1.165) is 45.0 Å². The number of anilines is 1. The zero-order chi connectivity index (χ0) is 12.1. The van der Waals surface area contributed by atoms with Crippen molar-refractivity contribution in [2.24, 2.45) is 0 Å². The van der Waals surface area contributed by atoms with E-state index in [1.165, 1.54) is 6.07 Å². The van der Waals surface area contributed by atoms with Crippen LogP contribution in [0.3, 0.4) is 0 Å². The highest BCUT2D eigenvalue weighted by Crippen LogP contribution is 2.15. The maximum absolute atomic E-state index is 13.4. The number of rotatable bonds is 4. The Labute approximate surface area is 102 Å². The molecule has 3 nitrogen and oxygen atoms in total. The van der Waals surface area contributed by atoms with E-state index in [0.29, 0.717) is 5.69 Å². The molecule has 2 rings (SSSR count). The van der Waals surface area contributed by atoms with Crippen LogP contribution in [0.25, 0.3) is 0 Å². The molecule has 1 aromatic carbocycles. The van der Waals surface area contributed by atoms with E-state index < -0.39 is 0 Å². The topological polar surface area (TPSA) is 24.5 Å². The van der Waals surface area contributed by atoms with Gasteiger partial charge in [-0.1, -0.05) is 6.07 Å². The Balaban J connectivity index is 1.79. The van der Waals surface area contributed by atoms with Crippen LogP contribution < -0.4 is 5.32 Å². The molecule has 17 heavy (non-hydrogen) atoms. The Morgan fingerprint density at radius 2 is 2.12 bits per heavy atom. The lowest BCUT2D eigenvalue weighted by Gasteiger charge is -2.26. The third kappa shape index (κ3) is 3.68. The van der Waals surface area contributed by atoms with Gasteiger partial charge in [0, 0.05) is 26.2 Å². The second kappa shape index (κ2) is 5.98. The van der Waals surface area contributed by atoms with E-state index >= 15 is 0 Å². The minimum Gasteiger partial charge on any atom is -0.381 e. The Hall–Kier alpha value is -1.13. The first-order valence-electron chi connectivity index (χ1n) is 6.06. The van der Waals surface area contributed by atoms with Crippen molar-refractivity contribution < 1.29 is 9.13 Å². The number of benzene rings is 1. The predicted molar refractivity (Wildman–Crippen MR) is 66.9 cm³/mol. The zero-order valence-corrected chi connectivity index (χ0v) is 10.2. The lowest BCUT2D eigenvalue weighted by molar-refractivity contribution is 0.0398. The molecule has 0 unspecified atom stereocenters. The van der Waals surface area contributed by atoms with Gasteiger partial charge in [0.15, 0.2) is 0 Å². The molecule has 1 aliphatic rings. The summed E-state index contributed by atoms with van der Waals surface area (Å²) in [5.74, 6) is -0.183. The standard InChI is InChI=1S/C13H19FN2O/c1-11-2-3-12(14)13(10-11)15-4-5-16-6-8-17-9-7-16/h2-3,10,15H,4-9H2,1H3. The van der Waals surface area contributed by atoms with E-state index in [-0.39, 0.29) is 5.82 Å². The minimum atomic E-state index is -0.183. The van der Waals surface area contributed by atoms with Gasteiger partial charge in [0.2, 0.25) is 0 Å². The van der Waals surface area contributed by atoms with Gasteiger partial charge in [0.1, 0.15) is 5.82 Å².